The molecule has 0 aliphatic carbocycles. The van der Waals surface area contributed by atoms with Gasteiger partial charge in [-0.3, -0.25) is 0 Å². The Balaban J connectivity index is 2.57. The van der Waals surface area contributed by atoms with Gasteiger partial charge in [-0.2, -0.15) is 0 Å². The first kappa shape index (κ1) is 6.86. The maximum absolute atomic E-state index is 5.76. The van der Waals surface area contributed by atoms with E-state index in [-0.39, 0.29) is 0 Å². The SMILES string of the molecule is Nc1ccnc2c1CCN2P. The summed E-state index contributed by atoms with van der Waals surface area (Å²) in [7, 11) is 2.64. The predicted octanol–water partition coefficient (Wildman–Crippen LogP) is 0.816. The van der Waals surface area contributed by atoms with Gasteiger partial charge >= 0.3 is 0 Å². The molecular formula is C7H10N3P. The Morgan fingerprint density at radius 3 is 3.18 bits per heavy atom. The largest absolute Gasteiger partial charge is 0.398 e. The maximum Gasteiger partial charge on any atom is 0.136 e. The molecule has 0 saturated heterocycles. The van der Waals surface area contributed by atoms with Crippen LogP contribution in [0.15, 0.2) is 12.3 Å². The van der Waals surface area contributed by atoms with Crippen molar-refractivity contribution in [3.8, 4) is 0 Å². The molecule has 1 aromatic rings. The molecule has 4 heteroatoms. The van der Waals surface area contributed by atoms with E-state index in [4.69, 9.17) is 5.73 Å². The van der Waals surface area contributed by atoms with Crippen LogP contribution >= 0.6 is 9.39 Å². The van der Waals surface area contributed by atoms with Gasteiger partial charge in [0.2, 0.25) is 0 Å². The van der Waals surface area contributed by atoms with Gasteiger partial charge in [0.15, 0.2) is 0 Å². The van der Waals surface area contributed by atoms with Crippen molar-refractivity contribution in [1.82, 2.24) is 4.98 Å². The molecule has 2 rings (SSSR count). The number of nitrogen functional groups attached to an aromatic ring is 1. The molecule has 3 nitrogen and oxygen atoms in total. The molecule has 1 unspecified atom stereocenters. The van der Waals surface area contributed by atoms with Gasteiger partial charge in [-0.05, 0) is 21.9 Å². The standard InChI is InChI=1S/C7H10N3P/c8-6-1-3-9-7-5(6)2-4-10(7)11/h1,3H,2,4,11H2,(H2,8,9). The number of nitrogens with two attached hydrogens (primary N) is 1. The second-order valence-electron chi connectivity index (χ2n) is 2.65. The summed E-state index contributed by atoms with van der Waals surface area (Å²) >= 11 is 0. The first-order chi connectivity index (χ1) is 5.29. The quantitative estimate of drug-likeness (QED) is 0.581. The highest BCUT2D eigenvalue weighted by molar-refractivity contribution is 7.19. The fraction of sp³-hybridized carbons (Fsp3) is 0.286. The molecule has 11 heavy (non-hydrogen) atoms. The van der Waals surface area contributed by atoms with Crippen molar-refractivity contribution >= 4 is 20.9 Å². The molecule has 0 bridgehead atoms. The topological polar surface area (TPSA) is 42.1 Å². The molecular weight excluding hydrogens is 157 g/mol. The summed E-state index contributed by atoms with van der Waals surface area (Å²) in [5.74, 6) is 1.01. The van der Waals surface area contributed by atoms with Gasteiger partial charge in [-0.15, -0.1) is 0 Å². The Labute approximate surface area is 67.9 Å². The number of rotatable bonds is 0. The van der Waals surface area contributed by atoms with E-state index in [9.17, 15) is 0 Å². The van der Waals surface area contributed by atoms with Crippen LogP contribution < -0.4 is 10.4 Å². The lowest BCUT2D eigenvalue weighted by atomic mass is 10.2. The number of fused-ring (bicyclic) bond motifs is 1. The summed E-state index contributed by atoms with van der Waals surface area (Å²) in [4.78, 5) is 4.23. The van der Waals surface area contributed by atoms with Crippen LogP contribution in [0.3, 0.4) is 0 Å². The third-order valence-corrected chi connectivity index (χ3v) is 2.45. The second-order valence-corrected chi connectivity index (χ2v) is 3.27. The molecule has 0 fully saturated rings. The lowest BCUT2D eigenvalue weighted by Gasteiger charge is -2.09. The van der Waals surface area contributed by atoms with Crippen molar-refractivity contribution in [3.05, 3.63) is 17.8 Å². The van der Waals surface area contributed by atoms with Crippen LogP contribution in [0, 0.1) is 0 Å². The Morgan fingerprint density at radius 1 is 1.64 bits per heavy atom. The fourth-order valence-electron chi connectivity index (χ4n) is 1.34. The summed E-state index contributed by atoms with van der Waals surface area (Å²) in [6.07, 6.45) is 2.76. The van der Waals surface area contributed by atoms with Gasteiger partial charge in [0.25, 0.3) is 0 Å². The molecule has 2 N–H and O–H groups in total. The first-order valence-corrected chi connectivity index (χ1v) is 4.06. The number of hydrogen-bond donors (Lipinski definition) is 1. The molecule has 0 saturated carbocycles. The highest BCUT2D eigenvalue weighted by Crippen LogP contribution is 2.31. The van der Waals surface area contributed by atoms with E-state index >= 15 is 0 Å². The van der Waals surface area contributed by atoms with Gasteiger partial charge in [-0.1, -0.05) is 0 Å². The highest BCUT2D eigenvalue weighted by Gasteiger charge is 2.18. The summed E-state index contributed by atoms with van der Waals surface area (Å²) in [5, 5.41) is 0. The van der Waals surface area contributed by atoms with Crippen LogP contribution in [0.5, 0.6) is 0 Å². The van der Waals surface area contributed by atoms with Gasteiger partial charge in [0, 0.05) is 24.0 Å². The van der Waals surface area contributed by atoms with Gasteiger partial charge in [-0.25, -0.2) is 4.98 Å². The van der Waals surface area contributed by atoms with Crippen molar-refractivity contribution in [2.75, 3.05) is 16.9 Å². The fourth-order valence-corrected chi connectivity index (χ4v) is 1.69. The molecule has 1 atom stereocenters. The monoisotopic (exact) mass is 167 g/mol. The Morgan fingerprint density at radius 2 is 2.45 bits per heavy atom. The van der Waals surface area contributed by atoms with Gasteiger partial charge < -0.3 is 10.4 Å². The molecule has 1 aliphatic heterocycles. The Hall–Kier alpha value is -0.820. The number of aromatic nitrogens is 1. The maximum atomic E-state index is 5.76. The van der Waals surface area contributed by atoms with Crippen molar-refractivity contribution in [1.29, 1.82) is 0 Å². The summed E-state index contributed by atoms with van der Waals surface area (Å²) in [5.41, 5.74) is 7.80. The Bertz CT molecular complexity index is 287. The lowest BCUT2D eigenvalue weighted by molar-refractivity contribution is 1.05. The van der Waals surface area contributed by atoms with E-state index in [1.54, 1.807) is 6.20 Å². The van der Waals surface area contributed by atoms with Crippen LogP contribution in [-0.2, 0) is 6.42 Å². The average Bonchev–Trinajstić information content (AvgIpc) is 2.35. The lowest BCUT2D eigenvalue weighted by Crippen LogP contribution is -2.04. The average molecular weight is 167 g/mol. The zero-order chi connectivity index (χ0) is 7.84. The number of pyridine rings is 1. The highest BCUT2D eigenvalue weighted by atomic mass is 31.0. The molecule has 0 amide bonds. The first-order valence-electron chi connectivity index (χ1n) is 3.54. The van der Waals surface area contributed by atoms with Crippen molar-refractivity contribution < 1.29 is 0 Å². The van der Waals surface area contributed by atoms with Crippen molar-refractivity contribution in [3.63, 3.8) is 0 Å². The molecule has 1 aliphatic rings. The molecule has 0 spiro atoms. The van der Waals surface area contributed by atoms with Gasteiger partial charge in [0.1, 0.15) is 5.82 Å². The number of anilines is 2. The normalized spacial score (nSPS) is 15.2. The number of hydrogen-bond acceptors (Lipinski definition) is 3. The smallest absolute Gasteiger partial charge is 0.136 e. The summed E-state index contributed by atoms with van der Waals surface area (Å²) in [6, 6.07) is 1.85. The van der Waals surface area contributed by atoms with Crippen molar-refractivity contribution in [2.45, 2.75) is 6.42 Å². The molecule has 0 radical (unpaired) electrons. The van der Waals surface area contributed by atoms with E-state index in [0.717, 1.165) is 24.5 Å². The van der Waals surface area contributed by atoms with Crippen LogP contribution in [0.2, 0.25) is 0 Å². The minimum Gasteiger partial charge on any atom is -0.398 e. The summed E-state index contributed by atoms with van der Waals surface area (Å²) in [6.45, 7) is 1.00. The van der Waals surface area contributed by atoms with Gasteiger partial charge in [0.05, 0.1) is 0 Å². The van der Waals surface area contributed by atoms with E-state index < -0.39 is 0 Å². The van der Waals surface area contributed by atoms with E-state index in [1.165, 1.54) is 5.56 Å². The third kappa shape index (κ3) is 0.962. The molecule has 0 aromatic carbocycles. The third-order valence-electron chi connectivity index (χ3n) is 1.94. The van der Waals surface area contributed by atoms with E-state index in [1.807, 2.05) is 10.7 Å². The minimum atomic E-state index is 0.861. The number of nitrogens with zero attached hydrogens (tertiary/aromatic N) is 2. The molecule has 2 heterocycles. The molecule has 58 valence electrons. The Kier molecular flexibility index (Phi) is 1.46. The van der Waals surface area contributed by atoms with E-state index in [2.05, 4.69) is 14.4 Å². The second kappa shape index (κ2) is 2.35. The summed E-state index contributed by atoms with van der Waals surface area (Å²) < 4.78 is 2.05. The van der Waals surface area contributed by atoms with E-state index in [0.29, 0.717) is 0 Å². The molecule has 1 aromatic heterocycles. The van der Waals surface area contributed by atoms with Crippen LogP contribution in [-0.4, -0.2) is 11.5 Å². The van der Waals surface area contributed by atoms with Crippen LogP contribution in [0.1, 0.15) is 5.56 Å². The van der Waals surface area contributed by atoms with Crippen molar-refractivity contribution in [2.24, 2.45) is 0 Å². The predicted molar refractivity (Wildman–Crippen MR) is 49.4 cm³/mol. The minimum absolute atomic E-state index is 0.861. The zero-order valence-corrected chi connectivity index (χ0v) is 7.27. The van der Waals surface area contributed by atoms with Crippen LogP contribution in [0.4, 0.5) is 11.5 Å². The zero-order valence-electron chi connectivity index (χ0n) is 6.12. The van der Waals surface area contributed by atoms with Crippen LogP contribution in [0.25, 0.3) is 0 Å².